The Bertz CT molecular complexity index is 528. The van der Waals surface area contributed by atoms with E-state index in [2.05, 4.69) is 0 Å². The van der Waals surface area contributed by atoms with Gasteiger partial charge in [0.25, 0.3) is 0 Å². The van der Waals surface area contributed by atoms with Crippen molar-refractivity contribution in [1.82, 2.24) is 0 Å². The minimum absolute atomic E-state index is 0.0601. The van der Waals surface area contributed by atoms with E-state index in [1.807, 2.05) is 0 Å². The fourth-order valence-corrected chi connectivity index (χ4v) is 3.19. The number of sulfone groups is 1. The lowest BCUT2D eigenvalue weighted by atomic mass is 10.1. The predicted molar refractivity (Wildman–Crippen MR) is 67.9 cm³/mol. The molecule has 1 N–H and O–H groups in total. The lowest BCUT2D eigenvalue weighted by molar-refractivity contribution is 0.199. The van der Waals surface area contributed by atoms with E-state index in [-0.39, 0.29) is 11.5 Å². The summed E-state index contributed by atoms with van der Waals surface area (Å²) in [5, 5.41) is 9.36. The highest BCUT2D eigenvalue weighted by Crippen LogP contribution is 2.24. The quantitative estimate of drug-likeness (QED) is 0.877. The fraction of sp³-hybridized carbons (Fsp3) is 0.500. The molecule has 0 spiro atoms. The summed E-state index contributed by atoms with van der Waals surface area (Å²) in [5.74, 6) is -0.303. The zero-order valence-corrected chi connectivity index (χ0v) is 11.0. The highest BCUT2D eigenvalue weighted by atomic mass is 32.2. The van der Waals surface area contributed by atoms with E-state index in [4.69, 9.17) is 0 Å². The fourth-order valence-electron chi connectivity index (χ4n) is 1.99. The smallest absolute Gasteiger partial charge is 0.153 e. The minimum atomic E-state index is -2.96. The second-order valence-electron chi connectivity index (χ2n) is 4.53. The van der Waals surface area contributed by atoms with Crippen molar-refractivity contribution in [2.45, 2.75) is 13.0 Å². The molecule has 0 unspecified atom stereocenters. The molecule has 18 heavy (non-hydrogen) atoms. The van der Waals surface area contributed by atoms with Crippen LogP contribution in [0.15, 0.2) is 18.2 Å². The van der Waals surface area contributed by atoms with Gasteiger partial charge in [0.2, 0.25) is 0 Å². The zero-order chi connectivity index (χ0) is 13.3. The van der Waals surface area contributed by atoms with Crippen LogP contribution in [0, 0.1) is 5.82 Å². The van der Waals surface area contributed by atoms with Crippen LogP contribution in [0.2, 0.25) is 0 Å². The van der Waals surface area contributed by atoms with Crippen LogP contribution in [-0.2, 0) is 9.84 Å². The van der Waals surface area contributed by atoms with Crippen LogP contribution < -0.4 is 4.90 Å². The second-order valence-corrected chi connectivity index (χ2v) is 6.83. The van der Waals surface area contributed by atoms with E-state index in [0.717, 1.165) is 0 Å². The number of rotatable bonds is 2. The van der Waals surface area contributed by atoms with Gasteiger partial charge < -0.3 is 10.0 Å². The van der Waals surface area contributed by atoms with Crippen LogP contribution in [0.3, 0.4) is 0 Å². The van der Waals surface area contributed by atoms with E-state index in [9.17, 15) is 17.9 Å². The maximum absolute atomic E-state index is 13.9. The Morgan fingerprint density at radius 2 is 1.94 bits per heavy atom. The van der Waals surface area contributed by atoms with Gasteiger partial charge >= 0.3 is 0 Å². The standard InChI is InChI=1S/C12H16FNO3S/c1-9(15)10-2-3-12(11(13)8-10)14-4-6-18(16,17)7-5-14/h2-3,8-9,15H,4-7H2,1H3/t9-/m0/s1. The monoisotopic (exact) mass is 273 g/mol. The first-order valence-electron chi connectivity index (χ1n) is 5.82. The number of anilines is 1. The summed E-state index contributed by atoms with van der Waals surface area (Å²) in [7, 11) is -2.96. The largest absolute Gasteiger partial charge is 0.389 e. The van der Waals surface area contributed by atoms with E-state index >= 15 is 0 Å². The summed E-state index contributed by atoms with van der Waals surface area (Å²) in [5.41, 5.74) is 0.912. The molecule has 1 fully saturated rings. The molecule has 0 bridgehead atoms. The molecular weight excluding hydrogens is 257 g/mol. The molecule has 4 nitrogen and oxygen atoms in total. The molecule has 1 aliphatic heterocycles. The molecule has 0 aliphatic carbocycles. The van der Waals surface area contributed by atoms with Crippen LogP contribution in [0.25, 0.3) is 0 Å². The van der Waals surface area contributed by atoms with Crippen molar-refractivity contribution in [2.24, 2.45) is 0 Å². The number of benzene rings is 1. The minimum Gasteiger partial charge on any atom is -0.389 e. The lowest BCUT2D eigenvalue weighted by Gasteiger charge is -2.29. The maximum Gasteiger partial charge on any atom is 0.153 e. The molecule has 100 valence electrons. The van der Waals surface area contributed by atoms with Crippen molar-refractivity contribution in [2.75, 3.05) is 29.5 Å². The van der Waals surface area contributed by atoms with E-state index < -0.39 is 21.8 Å². The molecular formula is C12H16FNO3S. The Kier molecular flexibility index (Phi) is 3.59. The SMILES string of the molecule is C[C@H](O)c1ccc(N2CCS(=O)(=O)CC2)c(F)c1. The molecule has 0 aromatic heterocycles. The first-order chi connectivity index (χ1) is 8.39. The summed E-state index contributed by atoms with van der Waals surface area (Å²) < 4.78 is 36.5. The van der Waals surface area contributed by atoms with Crippen LogP contribution in [-0.4, -0.2) is 38.1 Å². The Labute approximate surface area is 106 Å². The number of hydrogen-bond acceptors (Lipinski definition) is 4. The maximum atomic E-state index is 13.9. The van der Waals surface area contributed by atoms with Crippen LogP contribution in [0.1, 0.15) is 18.6 Å². The highest BCUT2D eigenvalue weighted by Gasteiger charge is 2.23. The van der Waals surface area contributed by atoms with Gasteiger partial charge in [-0.25, -0.2) is 12.8 Å². The summed E-state index contributed by atoms with van der Waals surface area (Å²) in [6.07, 6.45) is -0.713. The van der Waals surface area contributed by atoms with Gasteiger partial charge in [-0.05, 0) is 24.6 Å². The summed E-state index contributed by atoms with van der Waals surface area (Å²) in [4.78, 5) is 1.72. The van der Waals surface area contributed by atoms with Gasteiger partial charge in [-0.2, -0.15) is 0 Å². The molecule has 1 heterocycles. The van der Waals surface area contributed by atoms with Crippen molar-refractivity contribution >= 4 is 15.5 Å². The Morgan fingerprint density at radius 1 is 1.33 bits per heavy atom. The Balaban J connectivity index is 2.20. The van der Waals surface area contributed by atoms with Gasteiger partial charge in [0.05, 0.1) is 23.3 Å². The number of halogens is 1. The van der Waals surface area contributed by atoms with Gasteiger partial charge in [0.1, 0.15) is 5.82 Å². The molecule has 1 saturated heterocycles. The van der Waals surface area contributed by atoms with Crippen molar-refractivity contribution in [3.8, 4) is 0 Å². The second kappa shape index (κ2) is 4.85. The van der Waals surface area contributed by atoms with Crippen molar-refractivity contribution in [3.05, 3.63) is 29.6 Å². The van der Waals surface area contributed by atoms with Crippen LogP contribution in [0.5, 0.6) is 0 Å². The number of aliphatic hydroxyl groups is 1. The Morgan fingerprint density at radius 3 is 2.44 bits per heavy atom. The average molecular weight is 273 g/mol. The first-order valence-corrected chi connectivity index (χ1v) is 7.64. The topological polar surface area (TPSA) is 57.6 Å². The first kappa shape index (κ1) is 13.3. The predicted octanol–water partition coefficient (Wildman–Crippen LogP) is 1.11. The number of aliphatic hydroxyl groups excluding tert-OH is 1. The normalized spacial score (nSPS) is 20.7. The molecule has 1 aromatic rings. The summed E-state index contributed by atoms with van der Waals surface area (Å²) >= 11 is 0. The van der Waals surface area contributed by atoms with E-state index in [1.165, 1.54) is 6.07 Å². The third-order valence-electron chi connectivity index (χ3n) is 3.14. The van der Waals surface area contributed by atoms with Gasteiger partial charge in [-0.3, -0.25) is 0 Å². The third kappa shape index (κ3) is 2.81. The summed E-state index contributed by atoms with van der Waals surface area (Å²) in [6, 6.07) is 4.55. The highest BCUT2D eigenvalue weighted by molar-refractivity contribution is 7.91. The zero-order valence-electron chi connectivity index (χ0n) is 10.1. The van der Waals surface area contributed by atoms with Gasteiger partial charge in [-0.1, -0.05) is 6.07 Å². The number of nitrogens with zero attached hydrogens (tertiary/aromatic N) is 1. The van der Waals surface area contributed by atoms with Gasteiger partial charge in [-0.15, -0.1) is 0 Å². The average Bonchev–Trinajstić information content (AvgIpc) is 2.29. The molecule has 1 aliphatic rings. The van der Waals surface area contributed by atoms with Crippen molar-refractivity contribution in [3.63, 3.8) is 0 Å². The lowest BCUT2D eigenvalue weighted by Crippen LogP contribution is -2.40. The molecule has 1 atom stereocenters. The molecule has 0 radical (unpaired) electrons. The summed E-state index contributed by atoms with van der Waals surface area (Å²) in [6.45, 7) is 2.20. The van der Waals surface area contributed by atoms with Crippen molar-refractivity contribution in [1.29, 1.82) is 0 Å². The third-order valence-corrected chi connectivity index (χ3v) is 4.75. The molecule has 6 heteroatoms. The molecule has 1 aromatic carbocycles. The van der Waals surface area contributed by atoms with Crippen LogP contribution >= 0.6 is 0 Å². The van der Waals surface area contributed by atoms with Crippen LogP contribution in [0.4, 0.5) is 10.1 Å². The molecule has 0 amide bonds. The molecule has 0 saturated carbocycles. The number of hydrogen-bond donors (Lipinski definition) is 1. The van der Waals surface area contributed by atoms with E-state index in [0.29, 0.717) is 24.3 Å². The van der Waals surface area contributed by atoms with Gasteiger partial charge in [0.15, 0.2) is 9.84 Å². The van der Waals surface area contributed by atoms with Gasteiger partial charge in [0, 0.05) is 13.1 Å². The van der Waals surface area contributed by atoms with E-state index in [1.54, 1.807) is 24.0 Å². The molecule has 2 rings (SSSR count). The van der Waals surface area contributed by atoms with Crippen molar-refractivity contribution < 1.29 is 17.9 Å². The Hall–Kier alpha value is -1.14.